The standard InChI is InChI=1S/C13H18Br2O/c1-9(2)10(3)16-13(8-14)11-6-4-5-7-12(11)15/h4-7,9-10,13H,8H2,1-3H3. The molecule has 1 aromatic carbocycles. The van der Waals surface area contributed by atoms with E-state index in [0.717, 1.165) is 9.80 Å². The molecule has 2 atom stereocenters. The van der Waals surface area contributed by atoms with Gasteiger partial charge in [-0.3, -0.25) is 0 Å². The summed E-state index contributed by atoms with van der Waals surface area (Å²) in [5.41, 5.74) is 1.20. The lowest BCUT2D eigenvalue weighted by molar-refractivity contribution is -0.0145. The molecule has 0 bridgehead atoms. The Labute approximate surface area is 115 Å². The molecule has 0 aromatic heterocycles. The Morgan fingerprint density at radius 2 is 1.81 bits per heavy atom. The fourth-order valence-electron chi connectivity index (χ4n) is 1.35. The largest absolute Gasteiger partial charge is 0.369 e. The zero-order valence-corrected chi connectivity index (χ0v) is 13.1. The molecule has 0 saturated carbocycles. The highest BCUT2D eigenvalue weighted by Crippen LogP contribution is 2.29. The summed E-state index contributed by atoms with van der Waals surface area (Å²) in [6.07, 6.45) is 0.364. The first-order valence-electron chi connectivity index (χ1n) is 5.52. The highest BCUT2D eigenvalue weighted by molar-refractivity contribution is 9.10. The number of ether oxygens (including phenoxy) is 1. The van der Waals surface area contributed by atoms with Gasteiger partial charge < -0.3 is 4.74 Å². The molecule has 0 radical (unpaired) electrons. The summed E-state index contributed by atoms with van der Waals surface area (Å²) >= 11 is 7.08. The minimum absolute atomic E-state index is 0.105. The second-order valence-corrected chi connectivity index (χ2v) is 5.75. The van der Waals surface area contributed by atoms with Crippen molar-refractivity contribution in [3.8, 4) is 0 Å². The monoisotopic (exact) mass is 348 g/mol. The third-order valence-corrected chi connectivity index (χ3v) is 4.02. The van der Waals surface area contributed by atoms with Crippen molar-refractivity contribution in [1.82, 2.24) is 0 Å². The van der Waals surface area contributed by atoms with Gasteiger partial charge in [-0.1, -0.05) is 63.9 Å². The molecular formula is C13H18Br2O. The number of hydrogen-bond acceptors (Lipinski definition) is 1. The van der Waals surface area contributed by atoms with Gasteiger partial charge in [0.2, 0.25) is 0 Å². The molecule has 2 unspecified atom stereocenters. The summed E-state index contributed by atoms with van der Waals surface area (Å²) < 4.78 is 7.16. The number of hydrogen-bond donors (Lipinski definition) is 0. The molecule has 0 saturated heterocycles. The zero-order chi connectivity index (χ0) is 12.1. The lowest BCUT2D eigenvalue weighted by Gasteiger charge is -2.24. The topological polar surface area (TPSA) is 9.23 Å². The average Bonchev–Trinajstić information content (AvgIpc) is 2.26. The van der Waals surface area contributed by atoms with Crippen molar-refractivity contribution in [2.75, 3.05) is 5.33 Å². The number of halogens is 2. The predicted molar refractivity (Wildman–Crippen MR) is 76.1 cm³/mol. The van der Waals surface area contributed by atoms with Gasteiger partial charge in [0.05, 0.1) is 12.2 Å². The fraction of sp³-hybridized carbons (Fsp3) is 0.538. The highest BCUT2D eigenvalue weighted by atomic mass is 79.9. The molecule has 90 valence electrons. The van der Waals surface area contributed by atoms with E-state index in [9.17, 15) is 0 Å². The predicted octanol–water partition coefficient (Wildman–Crippen LogP) is 4.95. The molecule has 1 aromatic rings. The van der Waals surface area contributed by atoms with Crippen LogP contribution in [-0.4, -0.2) is 11.4 Å². The quantitative estimate of drug-likeness (QED) is 0.683. The fourth-order valence-corrected chi connectivity index (χ4v) is 2.39. The van der Waals surface area contributed by atoms with Gasteiger partial charge in [-0.25, -0.2) is 0 Å². The Kier molecular flexibility index (Phi) is 6.01. The molecular weight excluding hydrogens is 332 g/mol. The molecule has 0 aliphatic carbocycles. The van der Waals surface area contributed by atoms with Crippen LogP contribution in [-0.2, 0) is 4.74 Å². The van der Waals surface area contributed by atoms with Gasteiger partial charge in [-0.2, -0.15) is 0 Å². The number of rotatable bonds is 5. The number of benzene rings is 1. The molecule has 0 N–H and O–H groups in total. The minimum Gasteiger partial charge on any atom is -0.369 e. The molecule has 1 rings (SSSR count). The van der Waals surface area contributed by atoms with Gasteiger partial charge in [0.25, 0.3) is 0 Å². The van der Waals surface area contributed by atoms with Gasteiger partial charge in [-0.05, 0) is 24.5 Å². The maximum Gasteiger partial charge on any atom is 0.0936 e. The first kappa shape index (κ1) is 14.2. The van der Waals surface area contributed by atoms with E-state index in [4.69, 9.17) is 4.74 Å². The molecule has 0 spiro atoms. The summed E-state index contributed by atoms with van der Waals surface area (Å²) in [7, 11) is 0. The van der Waals surface area contributed by atoms with Crippen LogP contribution < -0.4 is 0 Å². The third-order valence-electron chi connectivity index (χ3n) is 2.71. The Morgan fingerprint density at radius 1 is 1.19 bits per heavy atom. The Bertz CT molecular complexity index is 325. The van der Waals surface area contributed by atoms with Crippen LogP contribution in [0.3, 0.4) is 0 Å². The summed E-state index contributed by atoms with van der Waals surface area (Å²) in [5.74, 6) is 0.532. The maximum absolute atomic E-state index is 6.05. The molecule has 16 heavy (non-hydrogen) atoms. The van der Waals surface area contributed by atoms with E-state index in [-0.39, 0.29) is 12.2 Å². The van der Waals surface area contributed by atoms with Gasteiger partial charge in [0, 0.05) is 9.80 Å². The van der Waals surface area contributed by atoms with Gasteiger partial charge in [-0.15, -0.1) is 0 Å². The Balaban J connectivity index is 2.79. The summed E-state index contributed by atoms with van der Waals surface area (Å²) in [5, 5.41) is 0.812. The summed E-state index contributed by atoms with van der Waals surface area (Å²) in [6, 6.07) is 8.21. The molecule has 0 heterocycles. The van der Waals surface area contributed by atoms with E-state index in [1.807, 2.05) is 18.2 Å². The third kappa shape index (κ3) is 3.86. The van der Waals surface area contributed by atoms with Crippen molar-refractivity contribution >= 4 is 31.9 Å². The minimum atomic E-state index is 0.105. The zero-order valence-electron chi connectivity index (χ0n) is 9.91. The van der Waals surface area contributed by atoms with Crippen LogP contribution >= 0.6 is 31.9 Å². The van der Waals surface area contributed by atoms with Crippen LogP contribution in [0.4, 0.5) is 0 Å². The van der Waals surface area contributed by atoms with Crippen molar-refractivity contribution in [2.45, 2.75) is 33.0 Å². The molecule has 1 nitrogen and oxygen atoms in total. The molecule has 0 amide bonds. The smallest absolute Gasteiger partial charge is 0.0936 e. The van der Waals surface area contributed by atoms with E-state index in [1.54, 1.807) is 0 Å². The van der Waals surface area contributed by atoms with Crippen molar-refractivity contribution < 1.29 is 4.74 Å². The van der Waals surface area contributed by atoms with E-state index in [1.165, 1.54) is 5.56 Å². The normalized spacial score (nSPS) is 15.1. The van der Waals surface area contributed by atoms with E-state index >= 15 is 0 Å². The van der Waals surface area contributed by atoms with Crippen molar-refractivity contribution in [3.63, 3.8) is 0 Å². The molecule has 3 heteroatoms. The van der Waals surface area contributed by atoms with E-state index in [0.29, 0.717) is 5.92 Å². The van der Waals surface area contributed by atoms with Crippen molar-refractivity contribution in [1.29, 1.82) is 0 Å². The molecule has 0 aliphatic rings. The Morgan fingerprint density at radius 3 is 2.31 bits per heavy atom. The van der Waals surface area contributed by atoms with E-state index < -0.39 is 0 Å². The molecule has 0 fully saturated rings. The highest BCUT2D eigenvalue weighted by Gasteiger charge is 2.18. The van der Waals surface area contributed by atoms with Crippen LogP contribution in [0.5, 0.6) is 0 Å². The summed E-state index contributed by atoms with van der Waals surface area (Å²) in [6.45, 7) is 6.48. The first-order valence-corrected chi connectivity index (χ1v) is 7.43. The average molecular weight is 350 g/mol. The Hall–Kier alpha value is 0.140. The van der Waals surface area contributed by atoms with Crippen molar-refractivity contribution in [3.05, 3.63) is 34.3 Å². The summed E-state index contributed by atoms with van der Waals surface area (Å²) in [4.78, 5) is 0. The lowest BCUT2D eigenvalue weighted by Crippen LogP contribution is -2.20. The van der Waals surface area contributed by atoms with Crippen LogP contribution in [0.1, 0.15) is 32.4 Å². The van der Waals surface area contributed by atoms with E-state index in [2.05, 4.69) is 58.7 Å². The van der Waals surface area contributed by atoms with Crippen molar-refractivity contribution in [2.24, 2.45) is 5.92 Å². The van der Waals surface area contributed by atoms with Gasteiger partial charge in [0.1, 0.15) is 0 Å². The van der Waals surface area contributed by atoms with Crippen LogP contribution in [0.2, 0.25) is 0 Å². The molecule has 0 aliphatic heterocycles. The number of alkyl halides is 1. The maximum atomic E-state index is 6.05. The van der Waals surface area contributed by atoms with Crippen LogP contribution in [0, 0.1) is 5.92 Å². The first-order chi connectivity index (χ1) is 7.56. The lowest BCUT2D eigenvalue weighted by atomic mass is 10.1. The second kappa shape index (κ2) is 6.77. The second-order valence-electron chi connectivity index (χ2n) is 4.25. The van der Waals surface area contributed by atoms with Gasteiger partial charge in [0.15, 0.2) is 0 Å². The SMILES string of the molecule is CC(C)C(C)OC(CBr)c1ccccc1Br. The van der Waals surface area contributed by atoms with Crippen LogP contribution in [0.25, 0.3) is 0 Å². The van der Waals surface area contributed by atoms with Crippen LogP contribution in [0.15, 0.2) is 28.7 Å². The van der Waals surface area contributed by atoms with Gasteiger partial charge >= 0.3 is 0 Å².